The highest BCUT2D eigenvalue weighted by Gasteiger charge is 2.17. The number of amides is 1. The molecule has 2 aromatic carbocycles. The van der Waals surface area contributed by atoms with Gasteiger partial charge in [-0.15, -0.1) is 4.57 Å². The lowest BCUT2D eigenvalue weighted by molar-refractivity contribution is 0.0467. The van der Waals surface area contributed by atoms with Crippen LogP contribution in [0.25, 0.3) is 5.65 Å². The van der Waals surface area contributed by atoms with Crippen LogP contribution < -0.4 is 25.1 Å². The van der Waals surface area contributed by atoms with Crippen LogP contribution in [0.4, 0.5) is 5.69 Å². The van der Waals surface area contributed by atoms with Crippen LogP contribution >= 0.6 is 0 Å². The first-order chi connectivity index (χ1) is 17.3. The van der Waals surface area contributed by atoms with Gasteiger partial charge in [-0.05, 0) is 43.3 Å². The van der Waals surface area contributed by atoms with E-state index in [2.05, 4.69) is 10.3 Å². The van der Waals surface area contributed by atoms with Crippen molar-refractivity contribution in [2.75, 3.05) is 26.6 Å². The van der Waals surface area contributed by atoms with Gasteiger partial charge in [-0.25, -0.2) is 9.78 Å². The quantitative estimate of drug-likeness (QED) is 0.368. The molecule has 0 bridgehead atoms. The molecule has 0 unspecified atom stereocenters. The van der Waals surface area contributed by atoms with Gasteiger partial charge in [0, 0.05) is 23.4 Å². The fraction of sp³-hybridized carbons (Fsp3) is 0.200. The molecule has 0 aliphatic heterocycles. The minimum absolute atomic E-state index is 0.186. The standard InChI is InChI=1S/C25H23N3O8/c1-14-9-21-26-18(12-22(29)28(21)36-14)13-35-25(31)15-5-7-17(8-6-15)27-24(30)16-10-19(32-2)23(34-4)20(11-16)33-3/h5-12H,13H2,1-4H3,(H,27,30). The van der Waals surface area contributed by atoms with Crippen molar-refractivity contribution in [2.24, 2.45) is 0 Å². The number of nitrogens with zero attached hydrogens (tertiary/aromatic N) is 2. The molecule has 0 saturated heterocycles. The highest BCUT2D eigenvalue weighted by molar-refractivity contribution is 6.05. The van der Waals surface area contributed by atoms with E-state index >= 15 is 0 Å². The molecule has 2 heterocycles. The lowest BCUT2D eigenvalue weighted by Crippen LogP contribution is -2.15. The molecule has 11 heteroatoms. The van der Waals surface area contributed by atoms with Gasteiger partial charge in [-0.3, -0.25) is 9.59 Å². The summed E-state index contributed by atoms with van der Waals surface area (Å²) < 4.78 is 27.4. The summed E-state index contributed by atoms with van der Waals surface area (Å²) in [5, 5.41) is 2.75. The van der Waals surface area contributed by atoms with Gasteiger partial charge >= 0.3 is 5.97 Å². The third-order valence-corrected chi connectivity index (χ3v) is 5.18. The van der Waals surface area contributed by atoms with Crippen LogP contribution in [0.15, 0.2) is 57.8 Å². The summed E-state index contributed by atoms with van der Waals surface area (Å²) in [6.45, 7) is 1.51. The van der Waals surface area contributed by atoms with Gasteiger partial charge in [0.1, 0.15) is 12.4 Å². The Hall–Kier alpha value is -4.80. The molecule has 0 radical (unpaired) electrons. The number of carbonyl (C=O) groups excluding carboxylic acids is 2. The Bertz CT molecular complexity index is 1460. The zero-order valence-corrected chi connectivity index (χ0v) is 20.0. The van der Waals surface area contributed by atoms with Gasteiger partial charge in [0.25, 0.3) is 11.5 Å². The number of aromatic nitrogens is 2. The number of nitrogens with one attached hydrogen (secondary N) is 1. The Kier molecular flexibility index (Phi) is 6.91. The molecule has 2 aromatic heterocycles. The second kappa shape index (κ2) is 10.2. The summed E-state index contributed by atoms with van der Waals surface area (Å²) in [5.41, 5.74) is 1.23. The highest BCUT2D eigenvalue weighted by atomic mass is 16.5. The Balaban J connectivity index is 1.41. The first kappa shape index (κ1) is 24.3. The third kappa shape index (κ3) is 4.99. The van der Waals surface area contributed by atoms with Crippen molar-refractivity contribution >= 4 is 23.2 Å². The van der Waals surface area contributed by atoms with Crippen LogP contribution in [-0.4, -0.2) is 42.8 Å². The largest absolute Gasteiger partial charge is 0.493 e. The predicted molar refractivity (Wildman–Crippen MR) is 128 cm³/mol. The number of fused-ring (bicyclic) bond motifs is 1. The third-order valence-electron chi connectivity index (χ3n) is 5.18. The van der Waals surface area contributed by atoms with E-state index in [-0.39, 0.29) is 12.2 Å². The van der Waals surface area contributed by atoms with Gasteiger partial charge in [-0.2, -0.15) is 0 Å². The number of rotatable bonds is 8. The van der Waals surface area contributed by atoms with Crippen LogP contribution in [0.2, 0.25) is 0 Å². The van der Waals surface area contributed by atoms with Gasteiger partial charge in [0.2, 0.25) is 5.75 Å². The summed E-state index contributed by atoms with van der Waals surface area (Å²) in [4.78, 5) is 41.5. The Morgan fingerprint density at radius 2 is 1.61 bits per heavy atom. The molecule has 4 rings (SSSR count). The van der Waals surface area contributed by atoms with Gasteiger partial charge in [0.15, 0.2) is 17.1 Å². The maximum atomic E-state index is 12.8. The number of anilines is 1. The highest BCUT2D eigenvalue weighted by Crippen LogP contribution is 2.38. The number of hydrogen-bond donors (Lipinski definition) is 1. The van der Waals surface area contributed by atoms with E-state index in [1.807, 2.05) is 0 Å². The van der Waals surface area contributed by atoms with Gasteiger partial charge in [-0.1, -0.05) is 0 Å². The number of methoxy groups -OCH3 is 3. The monoisotopic (exact) mass is 493 g/mol. The predicted octanol–water partition coefficient (Wildman–Crippen LogP) is 3.23. The van der Waals surface area contributed by atoms with Gasteiger partial charge in [0.05, 0.1) is 32.6 Å². The molecule has 0 fully saturated rings. The lowest BCUT2D eigenvalue weighted by atomic mass is 10.1. The first-order valence-corrected chi connectivity index (χ1v) is 10.7. The molecule has 0 spiro atoms. The molecule has 1 amide bonds. The molecule has 0 aliphatic rings. The van der Waals surface area contributed by atoms with Crippen LogP contribution in [-0.2, 0) is 11.3 Å². The normalized spacial score (nSPS) is 10.7. The van der Waals surface area contributed by atoms with Crippen LogP contribution in [0.3, 0.4) is 0 Å². The van der Waals surface area contributed by atoms with Crippen molar-refractivity contribution in [1.29, 1.82) is 0 Å². The molecule has 36 heavy (non-hydrogen) atoms. The molecule has 0 aliphatic carbocycles. The van der Waals surface area contributed by atoms with Crippen LogP contribution in [0, 0.1) is 6.92 Å². The molecule has 11 nitrogen and oxygen atoms in total. The van der Waals surface area contributed by atoms with Crippen molar-refractivity contribution in [3.63, 3.8) is 0 Å². The van der Waals surface area contributed by atoms with Crippen molar-refractivity contribution in [3.05, 3.63) is 81.5 Å². The summed E-state index contributed by atoms with van der Waals surface area (Å²) in [6, 6.07) is 12.1. The molecular formula is C25H23N3O8. The molecule has 0 atom stereocenters. The zero-order chi connectivity index (χ0) is 25.8. The van der Waals surface area contributed by atoms with E-state index in [4.69, 9.17) is 23.5 Å². The molecule has 186 valence electrons. The lowest BCUT2D eigenvalue weighted by Gasteiger charge is -2.14. The summed E-state index contributed by atoms with van der Waals surface area (Å²) in [6.07, 6.45) is 0. The number of hydrogen-bond acceptors (Lipinski definition) is 9. The maximum absolute atomic E-state index is 12.8. The van der Waals surface area contributed by atoms with Gasteiger partial charge < -0.3 is 28.8 Å². The number of benzene rings is 2. The van der Waals surface area contributed by atoms with Crippen molar-refractivity contribution in [1.82, 2.24) is 9.56 Å². The van der Waals surface area contributed by atoms with Crippen LogP contribution in [0.5, 0.6) is 17.2 Å². The van der Waals surface area contributed by atoms with Crippen molar-refractivity contribution in [2.45, 2.75) is 13.5 Å². The van der Waals surface area contributed by atoms with E-state index in [0.717, 1.165) is 4.57 Å². The smallest absolute Gasteiger partial charge is 0.338 e. The minimum atomic E-state index is -0.608. The second-order valence-electron chi connectivity index (χ2n) is 7.61. The van der Waals surface area contributed by atoms with Crippen molar-refractivity contribution in [3.8, 4) is 17.2 Å². The summed E-state index contributed by atoms with van der Waals surface area (Å²) in [5.74, 6) is 0.583. The summed E-state index contributed by atoms with van der Waals surface area (Å²) in [7, 11) is 4.40. The first-order valence-electron chi connectivity index (χ1n) is 10.7. The molecule has 4 aromatic rings. The van der Waals surface area contributed by atoms with E-state index in [0.29, 0.717) is 45.6 Å². The number of carbonyl (C=O) groups is 2. The average Bonchev–Trinajstić information content (AvgIpc) is 3.27. The Morgan fingerprint density at radius 3 is 2.22 bits per heavy atom. The maximum Gasteiger partial charge on any atom is 0.338 e. The van der Waals surface area contributed by atoms with Crippen LogP contribution in [0.1, 0.15) is 32.2 Å². The minimum Gasteiger partial charge on any atom is -0.493 e. The van der Waals surface area contributed by atoms with E-state index in [9.17, 15) is 14.4 Å². The number of esters is 1. The average molecular weight is 493 g/mol. The van der Waals surface area contributed by atoms with E-state index in [1.165, 1.54) is 51.7 Å². The topological polar surface area (TPSA) is 131 Å². The molecule has 1 N–H and O–H groups in total. The second-order valence-corrected chi connectivity index (χ2v) is 7.61. The Morgan fingerprint density at radius 1 is 0.944 bits per heavy atom. The fourth-order valence-corrected chi connectivity index (χ4v) is 3.48. The fourth-order valence-electron chi connectivity index (χ4n) is 3.48. The van der Waals surface area contributed by atoms with Crippen molar-refractivity contribution < 1.29 is 33.1 Å². The van der Waals surface area contributed by atoms with E-state index < -0.39 is 17.4 Å². The molecular weight excluding hydrogens is 470 g/mol. The zero-order valence-electron chi connectivity index (χ0n) is 20.0. The Labute approximate surface area is 205 Å². The number of ether oxygens (including phenoxy) is 4. The summed E-state index contributed by atoms with van der Waals surface area (Å²) >= 11 is 0. The number of aryl methyl sites for hydroxylation is 1. The molecule has 0 saturated carbocycles. The SMILES string of the molecule is COc1cc(C(=O)Nc2ccc(C(=O)OCc3cc(=O)n4oc(C)cc4n3)cc2)cc(OC)c1OC. The van der Waals surface area contributed by atoms with E-state index in [1.54, 1.807) is 25.1 Å².